The Morgan fingerprint density at radius 3 is 2.81 bits per heavy atom. The lowest BCUT2D eigenvalue weighted by molar-refractivity contribution is 0.145. The topological polar surface area (TPSA) is 29.9 Å². The van der Waals surface area contributed by atoms with Gasteiger partial charge in [0.15, 0.2) is 0 Å². The third kappa shape index (κ3) is 1.34. The maximum Gasteiger partial charge on any atom is 0.0823 e. The number of rotatable bonds is 2. The van der Waals surface area contributed by atoms with E-state index in [0.29, 0.717) is 5.41 Å². The van der Waals surface area contributed by atoms with E-state index in [1.165, 1.54) is 31.4 Å². The number of halogens is 1. The molecule has 1 aliphatic heterocycles. The van der Waals surface area contributed by atoms with Crippen LogP contribution in [0.3, 0.4) is 0 Å². The van der Waals surface area contributed by atoms with Crippen molar-refractivity contribution in [2.45, 2.75) is 31.1 Å². The fraction of sp³-hybridized carbons (Fsp3) is 0.750. The number of hydrogen-bond acceptors (Lipinski definition) is 2. The molecule has 2 heterocycles. The lowest BCUT2D eigenvalue weighted by atomic mass is 9.59. The van der Waals surface area contributed by atoms with Crippen LogP contribution in [0.15, 0.2) is 6.20 Å². The van der Waals surface area contributed by atoms with Crippen LogP contribution in [0, 0.1) is 5.92 Å². The highest BCUT2D eigenvalue weighted by Gasteiger charge is 2.49. The molecule has 3 rings (SSSR count). The SMILES string of the molecule is Cn1ncc(Cl)c1C1(C2CCNC2)CCC1. The van der Waals surface area contributed by atoms with Crippen molar-refractivity contribution in [3.8, 4) is 0 Å². The van der Waals surface area contributed by atoms with Gasteiger partial charge in [0.1, 0.15) is 0 Å². The standard InChI is InChI=1S/C12H18ClN3/c1-16-11(10(13)8-15-16)12(4-2-5-12)9-3-6-14-7-9/h8-9,14H,2-7H2,1H3. The molecule has 2 aliphatic rings. The number of aryl methyl sites for hydroxylation is 1. The van der Waals surface area contributed by atoms with E-state index >= 15 is 0 Å². The highest BCUT2D eigenvalue weighted by molar-refractivity contribution is 6.31. The summed E-state index contributed by atoms with van der Waals surface area (Å²) < 4.78 is 1.99. The molecule has 0 bridgehead atoms. The normalized spacial score (nSPS) is 28.0. The maximum absolute atomic E-state index is 6.32. The summed E-state index contributed by atoms with van der Waals surface area (Å²) in [5.41, 5.74) is 1.58. The Balaban J connectivity index is 2.01. The second kappa shape index (κ2) is 3.74. The fourth-order valence-corrected chi connectivity index (χ4v) is 3.85. The van der Waals surface area contributed by atoms with Gasteiger partial charge in [0.05, 0.1) is 16.9 Å². The van der Waals surface area contributed by atoms with Gasteiger partial charge < -0.3 is 5.32 Å². The zero-order valence-electron chi connectivity index (χ0n) is 9.67. The minimum atomic E-state index is 0.311. The smallest absolute Gasteiger partial charge is 0.0823 e. The first kappa shape index (κ1) is 10.6. The van der Waals surface area contributed by atoms with Crippen LogP contribution in [-0.4, -0.2) is 22.9 Å². The van der Waals surface area contributed by atoms with Gasteiger partial charge >= 0.3 is 0 Å². The first-order valence-corrected chi connectivity index (χ1v) is 6.50. The van der Waals surface area contributed by atoms with Crippen LogP contribution >= 0.6 is 11.6 Å². The molecule has 0 radical (unpaired) electrons. The average Bonchev–Trinajstić information content (AvgIpc) is 2.81. The number of nitrogens with one attached hydrogen (secondary N) is 1. The molecule has 2 fully saturated rings. The third-order valence-corrected chi connectivity index (χ3v) is 4.73. The molecule has 1 N–H and O–H groups in total. The van der Waals surface area contributed by atoms with Gasteiger partial charge in [0.2, 0.25) is 0 Å². The molecule has 1 saturated heterocycles. The van der Waals surface area contributed by atoms with Crippen LogP contribution < -0.4 is 5.32 Å². The fourth-order valence-electron chi connectivity index (χ4n) is 3.49. The first-order valence-electron chi connectivity index (χ1n) is 6.13. The summed E-state index contributed by atoms with van der Waals surface area (Å²) in [6, 6.07) is 0. The van der Waals surface area contributed by atoms with E-state index in [1.807, 2.05) is 11.7 Å². The lowest BCUT2D eigenvalue weighted by Gasteiger charge is -2.46. The molecule has 16 heavy (non-hydrogen) atoms. The number of aromatic nitrogens is 2. The predicted molar refractivity (Wildman–Crippen MR) is 64.7 cm³/mol. The van der Waals surface area contributed by atoms with Crippen LogP contribution in [-0.2, 0) is 12.5 Å². The summed E-state index contributed by atoms with van der Waals surface area (Å²) >= 11 is 6.32. The molecule has 1 saturated carbocycles. The average molecular weight is 240 g/mol. The second-order valence-corrected chi connectivity index (χ2v) is 5.57. The van der Waals surface area contributed by atoms with Gasteiger partial charge in [0, 0.05) is 12.5 Å². The first-order chi connectivity index (χ1) is 7.74. The van der Waals surface area contributed by atoms with E-state index < -0.39 is 0 Å². The van der Waals surface area contributed by atoms with Gasteiger partial charge in [-0.25, -0.2) is 0 Å². The lowest BCUT2D eigenvalue weighted by Crippen LogP contribution is -2.44. The van der Waals surface area contributed by atoms with E-state index in [0.717, 1.165) is 24.0 Å². The van der Waals surface area contributed by atoms with Gasteiger partial charge in [-0.1, -0.05) is 18.0 Å². The molecule has 1 atom stereocenters. The minimum absolute atomic E-state index is 0.311. The quantitative estimate of drug-likeness (QED) is 0.857. The molecule has 88 valence electrons. The summed E-state index contributed by atoms with van der Waals surface area (Å²) in [4.78, 5) is 0. The van der Waals surface area contributed by atoms with Crippen LogP contribution in [0.4, 0.5) is 0 Å². The highest BCUT2D eigenvalue weighted by atomic mass is 35.5. The molecule has 0 spiro atoms. The van der Waals surface area contributed by atoms with Crippen molar-refractivity contribution in [2.75, 3.05) is 13.1 Å². The highest BCUT2D eigenvalue weighted by Crippen LogP contribution is 2.52. The number of hydrogen-bond donors (Lipinski definition) is 1. The molecule has 1 aromatic rings. The molecule has 0 amide bonds. The van der Waals surface area contributed by atoms with Crippen LogP contribution in [0.1, 0.15) is 31.4 Å². The molecule has 1 aromatic heterocycles. The van der Waals surface area contributed by atoms with Crippen molar-refractivity contribution in [3.05, 3.63) is 16.9 Å². The summed E-state index contributed by atoms with van der Waals surface area (Å²) in [6.07, 6.45) is 6.95. The van der Waals surface area contributed by atoms with E-state index in [9.17, 15) is 0 Å². The molecule has 4 heteroatoms. The Hall–Kier alpha value is -0.540. The summed E-state index contributed by atoms with van der Waals surface area (Å²) in [5, 5.41) is 8.63. The third-order valence-electron chi connectivity index (χ3n) is 4.45. The van der Waals surface area contributed by atoms with Crippen LogP contribution in [0.5, 0.6) is 0 Å². The zero-order valence-corrected chi connectivity index (χ0v) is 10.4. The van der Waals surface area contributed by atoms with Crippen molar-refractivity contribution in [1.29, 1.82) is 0 Å². The summed E-state index contributed by atoms with van der Waals surface area (Å²) in [6.45, 7) is 2.30. The van der Waals surface area contributed by atoms with Crippen LogP contribution in [0.25, 0.3) is 0 Å². The molecular weight excluding hydrogens is 222 g/mol. The number of nitrogens with zero attached hydrogens (tertiary/aromatic N) is 2. The Labute approximate surface area is 101 Å². The van der Waals surface area contributed by atoms with Crippen LogP contribution in [0.2, 0.25) is 5.02 Å². The van der Waals surface area contributed by atoms with Crippen molar-refractivity contribution < 1.29 is 0 Å². The van der Waals surface area contributed by atoms with E-state index in [-0.39, 0.29) is 0 Å². The molecule has 1 unspecified atom stereocenters. The Morgan fingerprint density at radius 2 is 2.38 bits per heavy atom. The largest absolute Gasteiger partial charge is 0.316 e. The van der Waals surface area contributed by atoms with E-state index in [2.05, 4.69) is 10.4 Å². The van der Waals surface area contributed by atoms with E-state index in [1.54, 1.807) is 6.20 Å². The van der Waals surface area contributed by atoms with Gasteiger partial charge in [0.25, 0.3) is 0 Å². The van der Waals surface area contributed by atoms with Gasteiger partial charge in [-0.2, -0.15) is 5.10 Å². The van der Waals surface area contributed by atoms with Crippen molar-refractivity contribution in [1.82, 2.24) is 15.1 Å². The molecule has 3 nitrogen and oxygen atoms in total. The predicted octanol–water partition coefficient (Wildman–Crippen LogP) is 2.10. The molecule has 0 aromatic carbocycles. The molecule has 1 aliphatic carbocycles. The van der Waals surface area contributed by atoms with Gasteiger partial charge in [-0.05, 0) is 38.3 Å². The molecular formula is C12H18ClN3. The Bertz CT molecular complexity index is 369. The minimum Gasteiger partial charge on any atom is -0.316 e. The van der Waals surface area contributed by atoms with Crippen molar-refractivity contribution in [2.24, 2.45) is 13.0 Å². The van der Waals surface area contributed by atoms with Crippen molar-refractivity contribution in [3.63, 3.8) is 0 Å². The van der Waals surface area contributed by atoms with Gasteiger partial charge in [-0.15, -0.1) is 0 Å². The zero-order chi connectivity index (χ0) is 11.2. The second-order valence-electron chi connectivity index (χ2n) is 5.16. The van der Waals surface area contributed by atoms with E-state index in [4.69, 9.17) is 11.6 Å². The Kier molecular flexibility index (Phi) is 2.48. The van der Waals surface area contributed by atoms with Gasteiger partial charge in [-0.3, -0.25) is 4.68 Å². The summed E-state index contributed by atoms with van der Waals surface area (Å²) in [7, 11) is 2.02. The maximum atomic E-state index is 6.32. The van der Waals surface area contributed by atoms with Crippen molar-refractivity contribution >= 4 is 11.6 Å². The summed E-state index contributed by atoms with van der Waals surface area (Å²) in [5.74, 6) is 0.745. The monoisotopic (exact) mass is 239 g/mol. The Morgan fingerprint density at radius 1 is 1.56 bits per heavy atom.